The molecule has 3 N–H and O–H groups in total. The van der Waals surface area contributed by atoms with E-state index in [1.807, 2.05) is 18.2 Å². The SMILES string of the molecule is O=C(NCCc1ccccn1)C(=O)Nc1ccccc1C(=O)NC1CC1. The third kappa shape index (κ3) is 4.89. The number of carbonyl (C=O) groups is 3. The molecule has 134 valence electrons. The fraction of sp³-hybridized carbons (Fsp3) is 0.263. The molecule has 0 bridgehead atoms. The zero-order valence-corrected chi connectivity index (χ0v) is 14.2. The molecule has 7 heteroatoms. The van der Waals surface area contributed by atoms with Gasteiger partial charge in [-0.15, -0.1) is 0 Å². The molecule has 1 heterocycles. The normalized spacial score (nSPS) is 12.9. The minimum Gasteiger partial charge on any atom is -0.349 e. The van der Waals surface area contributed by atoms with Gasteiger partial charge in [0.25, 0.3) is 5.91 Å². The quantitative estimate of drug-likeness (QED) is 0.682. The van der Waals surface area contributed by atoms with Crippen LogP contribution in [-0.2, 0) is 16.0 Å². The van der Waals surface area contributed by atoms with Crippen molar-refractivity contribution in [3.05, 3.63) is 59.9 Å². The van der Waals surface area contributed by atoms with Gasteiger partial charge in [0, 0.05) is 30.9 Å². The lowest BCUT2D eigenvalue weighted by atomic mass is 10.1. The molecular weight excluding hydrogens is 332 g/mol. The molecule has 3 rings (SSSR count). The maximum Gasteiger partial charge on any atom is 0.313 e. The second-order valence-corrected chi connectivity index (χ2v) is 6.07. The summed E-state index contributed by atoms with van der Waals surface area (Å²) in [4.78, 5) is 40.4. The first-order valence-electron chi connectivity index (χ1n) is 8.52. The Bertz CT molecular complexity index is 803. The largest absolute Gasteiger partial charge is 0.349 e. The summed E-state index contributed by atoms with van der Waals surface area (Å²) in [5.41, 5.74) is 1.49. The first-order valence-corrected chi connectivity index (χ1v) is 8.52. The molecule has 1 fully saturated rings. The molecule has 3 amide bonds. The Labute approximate surface area is 151 Å². The first kappa shape index (κ1) is 17.6. The third-order valence-corrected chi connectivity index (χ3v) is 3.93. The minimum atomic E-state index is -0.808. The summed E-state index contributed by atoms with van der Waals surface area (Å²) in [6, 6.07) is 12.4. The molecule has 1 aromatic heterocycles. The average molecular weight is 352 g/mol. The van der Waals surface area contributed by atoms with Gasteiger partial charge in [-0.05, 0) is 37.1 Å². The van der Waals surface area contributed by atoms with Crippen LogP contribution in [0.2, 0.25) is 0 Å². The van der Waals surface area contributed by atoms with Gasteiger partial charge in [-0.3, -0.25) is 19.4 Å². The van der Waals surface area contributed by atoms with Crippen LogP contribution in [0.4, 0.5) is 5.69 Å². The number of para-hydroxylation sites is 1. The van der Waals surface area contributed by atoms with Gasteiger partial charge in [0.1, 0.15) is 0 Å². The number of nitrogens with one attached hydrogen (secondary N) is 3. The van der Waals surface area contributed by atoms with Crippen molar-refractivity contribution in [3.63, 3.8) is 0 Å². The maximum atomic E-state index is 12.2. The van der Waals surface area contributed by atoms with E-state index in [1.165, 1.54) is 0 Å². The lowest BCUT2D eigenvalue weighted by Gasteiger charge is -2.11. The topological polar surface area (TPSA) is 100 Å². The van der Waals surface area contributed by atoms with Crippen LogP contribution < -0.4 is 16.0 Å². The van der Waals surface area contributed by atoms with Crippen molar-refractivity contribution in [2.45, 2.75) is 25.3 Å². The average Bonchev–Trinajstić information content (AvgIpc) is 3.47. The summed E-state index contributed by atoms with van der Waals surface area (Å²) >= 11 is 0. The Morgan fingerprint density at radius 1 is 1.00 bits per heavy atom. The number of benzene rings is 1. The molecular formula is C19H20N4O3. The molecule has 1 aromatic carbocycles. The summed E-state index contributed by atoms with van der Waals surface area (Å²) in [5, 5.41) is 7.92. The van der Waals surface area contributed by atoms with Crippen LogP contribution >= 0.6 is 0 Å². The number of aromatic nitrogens is 1. The van der Waals surface area contributed by atoms with E-state index in [9.17, 15) is 14.4 Å². The molecule has 7 nitrogen and oxygen atoms in total. The highest BCUT2D eigenvalue weighted by Gasteiger charge is 2.25. The molecule has 1 saturated carbocycles. The molecule has 2 aromatic rings. The fourth-order valence-corrected chi connectivity index (χ4v) is 2.39. The number of rotatable bonds is 6. The van der Waals surface area contributed by atoms with Gasteiger partial charge in [-0.25, -0.2) is 0 Å². The third-order valence-electron chi connectivity index (χ3n) is 3.93. The van der Waals surface area contributed by atoms with Crippen molar-refractivity contribution in [1.29, 1.82) is 0 Å². The summed E-state index contributed by atoms with van der Waals surface area (Å²) in [7, 11) is 0. The second kappa shape index (κ2) is 8.24. The van der Waals surface area contributed by atoms with Gasteiger partial charge in [-0.1, -0.05) is 18.2 Å². The molecule has 0 atom stereocenters. The van der Waals surface area contributed by atoms with Gasteiger partial charge < -0.3 is 16.0 Å². The highest BCUT2D eigenvalue weighted by atomic mass is 16.2. The van der Waals surface area contributed by atoms with Crippen molar-refractivity contribution in [3.8, 4) is 0 Å². The number of hydrogen-bond donors (Lipinski definition) is 3. The summed E-state index contributed by atoms with van der Waals surface area (Å²) in [5.74, 6) is -1.81. The van der Waals surface area contributed by atoms with Crippen LogP contribution in [0.5, 0.6) is 0 Å². The first-order chi connectivity index (χ1) is 12.6. The van der Waals surface area contributed by atoms with E-state index in [4.69, 9.17) is 0 Å². The summed E-state index contributed by atoms with van der Waals surface area (Å²) in [6.45, 7) is 0.299. The molecule has 0 saturated heterocycles. The summed E-state index contributed by atoms with van der Waals surface area (Å²) < 4.78 is 0. The van der Waals surface area contributed by atoms with Crippen LogP contribution in [0, 0.1) is 0 Å². The van der Waals surface area contributed by atoms with E-state index in [1.54, 1.807) is 30.5 Å². The van der Waals surface area contributed by atoms with Gasteiger partial charge in [0.2, 0.25) is 0 Å². The minimum absolute atomic E-state index is 0.209. The fourth-order valence-electron chi connectivity index (χ4n) is 2.39. The van der Waals surface area contributed by atoms with E-state index in [2.05, 4.69) is 20.9 Å². The molecule has 0 unspecified atom stereocenters. The molecule has 0 radical (unpaired) electrons. The van der Waals surface area contributed by atoms with E-state index >= 15 is 0 Å². The van der Waals surface area contributed by atoms with E-state index in [0.717, 1.165) is 18.5 Å². The van der Waals surface area contributed by atoms with Crippen LogP contribution in [0.3, 0.4) is 0 Å². The Kier molecular flexibility index (Phi) is 5.58. The maximum absolute atomic E-state index is 12.2. The van der Waals surface area contributed by atoms with Crippen molar-refractivity contribution < 1.29 is 14.4 Å². The van der Waals surface area contributed by atoms with Gasteiger partial charge >= 0.3 is 11.8 Å². The van der Waals surface area contributed by atoms with Crippen molar-refractivity contribution >= 4 is 23.4 Å². The monoisotopic (exact) mass is 352 g/mol. The zero-order chi connectivity index (χ0) is 18.4. The molecule has 0 aliphatic heterocycles. The Morgan fingerprint density at radius 3 is 2.50 bits per heavy atom. The van der Waals surface area contributed by atoms with Gasteiger partial charge in [0.15, 0.2) is 0 Å². The summed E-state index contributed by atoms with van der Waals surface area (Å²) in [6.07, 6.45) is 4.14. The Morgan fingerprint density at radius 2 is 1.77 bits per heavy atom. The molecule has 0 spiro atoms. The van der Waals surface area contributed by atoms with Crippen molar-refractivity contribution in [1.82, 2.24) is 15.6 Å². The van der Waals surface area contributed by atoms with Gasteiger partial charge in [-0.2, -0.15) is 0 Å². The molecule has 26 heavy (non-hydrogen) atoms. The van der Waals surface area contributed by atoms with Crippen molar-refractivity contribution in [2.75, 3.05) is 11.9 Å². The molecule has 1 aliphatic carbocycles. The van der Waals surface area contributed by atoms with Crippen LogP contribution in [0.1, 0.15) is 28.9 Å². The number of amides is 3. The van der Waals surface area contributed by atoms with Crippen LogP contribution in [0.25, 0.3) is 0 Å². The predicted molar refractivity (Wildman–Crippen MR) is 96.5 cm³/mol. The van der Waals surface area contributed by atoms with Gasteiger partial charge in [0.05, 0.1) is 11.3 Å². The van der Waals surface area contributed by atoms with Crippen LogP contribution in [0.15, 0.2) is 48.7 Å². The lowest BCUT2D eigenvalue weighted by Crippen LogP contribution is -2.37. The van der Waals surface area contributed by atoms with Crippen LogP contribution in [-0.4, -0.2) is 35.3 Å². The second-order valence-electron chi connectivity index (χ2n) is 6.07. The lowest BCUT2D eigenvalue weighted by molar-refractivity contribution is -0.136. The molecule has 1 aliphatic rings. The number of anilines is 1. The number of hydrogen-bond acceptors (Lipinski definition) is 4. The zero-order valence-electron chi connectivity index (χ0n) is 14.2. The van der Waals surface area contributed by atoms with Crippen molar-refractivity contribution in [2.24, 2.45) is 0 Å². The van der Waals surface area contributed by atoms with E-state index in [0.29, 0.717) is 24.2 Å². The van der Waals surface area contributed by atoms with E-state index in [-0.39, 0.29) is 11.9 Å². The Hall–Kier alpha value is -3.22. The van der Waals surface area contributed by atoms with E-state index < -0.39 is 11.8 Å². The standard InChI is InChI=1S/C19H20N4O3/c24-17(22-14-8-9-14)15-6-1-2-7-16(15)23-19(26)18(25)21-12-10-13-5-3-4-11-20-13/h1-7,11,14H,8-10,12H2,(H,21,25)(H,22,24)(H,23,26). The number of pyridine rings is 1. The highest BCUT2D eigenvalue weighted by Crippen LogP contribution is 2.21. The smallest absolute Gasteiger partial charge is 0.313 e. The predicted octanol–water partition coefficient (Wildman–Crippen LogP) is 1.27. The number of carbonyl (C=O) groups excluding carboxylic acids is 3. The highest BCUT2D eigenvalue weighted by molar-refractivity contribution is 6.40. The Balaban J connectivity index is 1.53. The number of nitrogens with zero attached hydrogens (tertiary/aromatic N) is 1.